The number of aromatic nitrogens is 1. The van der Waals surface area contributed by atoms with E-state index >= 15 is 0 Å². The number of anilines is 1. The number of thioether (sulfide) groups is 1. The van der Waals surface area contributed by atoms with Gasteiger partial charge in [-0.15, -0.1) is 0 Å². The van der Waals surface area contributed by atoms with Gasteiger partial charge >= 0.3 is 0 Å². The van der Waals surface area contributed by atoms with Gasteiger partial charge in [0.25, 0.3) is 0 Å². The van der Waals surface area contributed by atoms with Crippen molar-refractivity contribution in [1.29, 1.82) is 0 Å². The van der Waals surface area contributed by atoms with Crippen LogP contribution in [0.15, 0.2) is 18.3 Å². The maximum Gasteiger partial charge on any atom is 0.129 e. The lowest BCUT2D eigenvalue weighted by molar-refractivity contribution is 0.802. The summed E-state index contributed by atoms with van der Waals surface area (Å²) in [6.07, 6.45) is 2.98. The zero-order chi connectivity index (χ0) is 12.0. The summed E-state index contributed by atoms with van der Waals surface area (Å²) in [6, 6.07) is 4.17. The van der Waals surface area contributed by atoms with Crippen LogP contribution >= 0.6 is 11.8 Å². The molecular formula is C13H22N2S. The Morgan fingerprint density at radius 3 is 2.75 bits per heavy atom. The van der Waals surface area contributed by atoms with Gasteiger partial charge in [0.05, 0.1) is 0 Å². The molecule has 0 saturated carbocycles. The maximum absolute atomic E-state index is 4.39. The molecule has 1 aromatic heterocycles. The molecule has 0 bridgehead atoms. The lowest BCUT2D eigenvalue weighted by atomic mass is 10.2. The van der Waals surface area contributed by atoms with E-state index in [0.29, 0.717) is 4.75 Å². The molecule has 2 nitrogen and oxygen atoms in total. The number of pyridine rings is 1. The van der Waals surface area contributed by atoms with Crippen molar-refractivity contribution in [2.24, 2.45) is 0 Å². The molecule has 0 unspecified atom stereocenters. The van der Waals surface area contributed by atoms with Gasteiger partial charge in [0.1, 0.15) is 5.82 Å². The van der Waals surface area contributed by atoms with E-state index in [1.807, 2.05) is 24.0 Å². The second-order valence-corrected chi connectivity index (χ2v) is 6.64. The monoisotopic (exact) mass is 238 g/mol. The van der Waals surface area contributed by atoms with E-state index in [1.54, 1.807) is 0 Å². The average Bonchev–Trinajstić information content (AvgIpc) is 2.23. The fraction of sp³-hybridized carbons (Fsp3) is 0.615. The molecule has 16 heavy (non-hydrogen) atoms. The summed E-state index contributed by atoms with van der Waals surface area (Å²) in [6.45, 7) is 9.89. The predicted molar refractivity (Wildman–Crippen MR) is 74.1 cm³/mol. The molecular weight excluding hydrogens is 216 g/mol. The first-order chi connectivity index (χ1) is 7.53. The molecule has 0 fully saturated rings. The molecule has 0 aliphatic heterocycles. The highest BCUT2D eigenvalue weighted by molar-refractivity contribution is 7.99. The average molecular weight is 238 g/mol. The topological polar surface area (TPSA) is 24.9 Å². The van der Waals surface area contributed by atoms with Crippen LogP contribution in [-0.2, 0) is 5.75 Å². The molecule has 0 saturated heterocycles. The second kappa shape index (κ2) is 6.14. The molecule has 1 N–H and O–H groups in total. The van der Waals surface area contributed by atoms with Crippen LogP contribution < -0.4 is 5.32 Å². The Morgan fingerprint density at radius 1 is 1.38 bits per heavy atom. The number of nitrogens with one attached hydrogen (secondary N) is 1. The molecule has 0 radical (unpaired) electrons. The molecule has 0 aliphatic carbocycles. The number of rotatable bonds is 5. The van der Waals surface area contributed by atoms with Crippen LogP contribution in [-0.4, -0.2) is 16.3 Å². The quantitative estimate of drug-likeness (QED) is 0.841. The molecule has 0 aliphatic rings. The fourth-order valence-electron chi connectivity index (χ4n) is 1.25. The Balaban J connectivity index is 2.63. The molecule has 0 spiro atoms. The summed E-state index contributed by atoms with van der Waals surface area (Å²) in [5.41, 5.74) is 1.30. The van der Waals surface area contributed by atoms with Crippen LogP contribution in [0.3, 0.4) is 0 Å². The third-order valence-corrected chi connectivity index (χ3v) is 3.42. The van der Waals surface area contributed by atoms with Gasteiger partial charge in [0.2, 0.25) is 0 Å². The number of hydrogen-bond donors (Lipinski definition) is 1. The molecule has 1 aromatic rings. The van der Waals surface area contributed by atoms with E-state index < -0.39 is 0 Å². The van der Waals surface area contributed by atoms with E-state index in [0.717, 1.165) is 24.5 Å². The predicted octanol–water partition coefficient (Wildman–Crippen LogP) is 3.94. The van der Waals surface area contributed by atoms with Crippen LogP contribution in [0.5, 0.6) is 0 Å². The molecule has 0 atom stereocenters. The Bertz CT molecular complexity index is 318. The zero-order valence-electron chi connectivity index (χ0n) is 10.7. The Kier molecular flexibility index (Phi) is 5.13. The van der Waals surface area contributed by atoms with Crippen LogP contribution in [0.1, 0.15) is 39.7 Å². The minimum absolute atomic E-state index is 0.303. The highest BCUT2D eigenvalue weighted by Gasteiger charge is 2.12. The number of nitrogens with zero attached hydrogens (tertiary/aromatic N) is 1. The maximum atomic E-state index is 4.39. The largest absolute Gasteiger partial charge is 0.370 e. The van der Waals surface area contributed by atoms with Gasteiger partial charge in [-0.3, -0.25) is 0 Å². The number of hydrogen-bond acceptors (Lipinski definition) is 3. The van der Waals surface area contributed by atoms with Crippen molar-refractivity contribution in [3.63, 3.8) is 0 Å². The lowest BCUT2D eigenvalue weighted by Crippen LogP contribution is -2.09. The van der Waals surface area contributed by atoms with Crippen molar-refractivity contribution >= 4 is 17.6 Å². The molecule has 1 rings (SSSR count). The van der Waals surface area contributed by atoms with Gasteiger partial charge in [-0.05, 0) is 12.5 Å². The van der Waals surface area contributed by atoms with Crippen molar-refractivity contribution in [2.75, 3.05) is 11.9 Å². The molecule has 1 heterocycles. The summed E-state index contributed by atoms with van der Waals surface area (Å²) in [5.74, 6) is 2.06. The van der Waals surface area contributed by atoms with Crippen molar-refractivity contribution < 1.29 is 0 Å². The van der Waals surface area contributed by atoms with Crippen molar-refractivity contribution in [2.45, 2.75) is 44.6 Å². The first-order valence-corrected chi connectivity index (χ1v) is 6.83. The van der Waals surface area contributed by atoms with Crippen molar-refractivity contribution in [3.05, 3.63) is 23.9 Å². The Morgan fingerprint density at radius 2 is 2.12 bits per heavy atom. The van der Waals surface area contributed by atoms with Crippen molar-refractivity contribution in [1.82, 2.24) is 4.98 Å². The summed E-state index contributed by atoms with van der Waals surface area (Å²) in [4.78, 5) is 4.39. The summed E-state index contributed by atoms with van der Waals surface area (Å²) in [7, 11) is 0. The highest BCUT2D eigenvalue weighted by atomic mass is 32.2. The minimum atomic E-state index is 0.303. The van der Waals surface area contributed by atoms with Crippen LogP contribution in [0.2, 0.25) is 0 Å². The van der Waals surface area contributed by atoms with E-state index in [2.05, 4.69) is 44.1 Å². The zero-order valence-corrected chi connectivity index (χ0v) is 11.5. The van der Waals surface area contributed by atoms with E-state index in [4.69, 9.17) is 0 Å². The van der Waals surface area contributed by atoms with Crippen LogP contribution in [0, 0.1) is 0 Å². The smallest absolute Gasteiger partial charge is 0.129 e. The van der Waals surface area contributed by atoms with Gasteiger partial charge in [0, 0.05) is 28.8 Å². The standard InChI is InChI=1S/C13H22N2S/c1-5-8-14-12-11(7-6-9-15-12)10-16-13(2,3)4/h6-7,9H,5,8,10H2,1-4H3,(H,14,15). The van der Waals surface area contributed by atoms with Gasteiger partial charge < -0.3 is 5.32 Å². The Hall–Kier alpha value is -0.700. The van der Waals surface area contributed by atoms with Gasteiger partial charge in [0.15, 0.2) is 0 Å². The third-order valence-electron chi connectivity index (χ3n) is 2.09. The molecule has 90 valence electrons. The van der Waals surface area contributed by atoms with Crippen molar-refractivity contribution in [3.8, 4) is 0 Å². The van der Waals surface area contributed by atoms with Gasteiger partial charge in [-0.2, -0.15) is 11.8 Å². The minimum Gasteiger partial charge on any atom is -0.370 e. The SMILES string of the molecule is CCCNc1ncccc1CSC(C)(C)C. The van der Waals surface area contributed by atoms with E-state index in [-0.39, 0.29) is 0 Å². The molecule has 0 amide bonds. The van der Waals surface area contributed by atoms with Gasteiger partial charge in [-0.1, -0.05) is 33.8 Å². The summed E-state index contributed by atoms with van der Waals surface area (Å²) < 4.78 is 0.303. The normalized spacial score (nSPS) is 11.5. The first kappa shape index (κ1) is 13.4. The molecule has 3 heteroatoms. The summed E-state index contributed by atoms with van der Waals surface area (Å²) >= 11 is 1.95. The van der Waals surface area contributed by atoms with Crippen LogP contribution in [0.4, 0.5) is 5.82 Å². The fourth-order valence-corrected chi connectivity index (χ4v) is 2.07. The lowest BCUT2D eigenvalue weighted by Gasteiger charge is -2.18. The van der Waals surface area contributed by atoms with E-state index in [9.17, 15) is 0 Å². The Labute approximate surface area is 103 Å². The first-order valence-electron chi connectivity index (χ1n) is 5.84. The third kappa shape index (κ3) is 4.88. The molecule has 0 aromatic carbocycles. The van der Waals surface area contributed by atoms with Gasteiger partial charge in [-0.25, -0.2) is 4.98 Å². The second-order valence-electron chi connectivity index (χ2n) is 4.84. The summed E-state index contributed by atoms with van der Waals surface area (Å²) in [5, 5.41) is 3.37. The van der Waals surface area contributed by atoms with Crippen LogP contribution in [0.25, 0.3) is 0 Å². The van der Waals surface area contributed by atoms with E-state index in [1.165, 1.54) is 5.56 Å². The highest BCUT2D eigenvalue weighted by Crippen LogP contribution is 2.29.